The van der Waals surface area contributed by atoms with E-state index in [9.17, 15) is 9.59 Å². The van der Waals surface area contributed by atoms with Gasteiger partial charge in [-0.25, -0.2) is 0 Å². The van der Waals surface area contributed by atoms with Gasteiger partial charge in [0.2, 0.25) is 5.91 Å². The molecule has 1 aliphatic heterocycles. The fourth-order valence-corrected chi connectivity index (χ4v) is 3.63. The van der Waals surface area contributed by atoms with Gasteiger partial charge in [0.15, 0.2) is 0 Å². The van der Waals surface area contributed by atoms with Gasteiger partial charge in [-0.15, -0.1) is 0 Å². The van der Waals surface area contributed by atoms with Crippen LogP contribution in [0.2, 0.25) is 0 Å². The van der Waals surface area contributed by atoms with E-state index in [-0.39, 0.29) is 11.8 Å². The normalized spacial score (nSPS) is 17.6. The number of carbonyl (C=O) groups is 2. The Kier molecular flexibility index (Phi) is 7.16. The van der Waals surface area contributed by atoms with Crippen molar-refractivity contribution < 1.29 is 9.59 Å². The van der Waals surface area contributed by atoms with Crippen molar-refractivity contribution in [2.45, 2.75) is 40.0 Å². The van der Waals surface area contributed by atoms with E-state index in [1.807, 2.05) is 30.0 Å². The van der Waals surface area contributed by atoms with E-state index < -0.39 is 0 Å². The summed E-state index contributed by atoms with van der Waals surface area (Å²) in [6, 6.07) is 5.56. The first kappa shape index (κ1) is 18.8. The van der Waals surface area contributed by atoms with Crippen LogP contribution in [-0.2, 0) is 4.79 Å². The van der Waals surface area contributed by atoms with E-state index in [0.717, 1.165) is 42.3 Å². The number of amides is 2. The first-order valence-corrected chi connectivity index (χ1v) is 9.94. The quantitative estimate of drug-likeness (QED) is 0.792. The molecule has 0 aromatic heterocycles. The van der Waals surface area contributed by atoms with Gasteiger partial charge in [0, 0.05) is 36.5 Å². The highest BCUT2D eigenvalue weighted by atomic mass is 32.2. The van der Waals surface area contributed by atoms with Crippen molar-refractivity contribution in [2.75, 3.05) is 29.9 Å². The van der Waals surface area contributed by atoms with Crippen molar-refractivity contribution >= 4 is 29.3 Å². The summed E-state index contributed by atoms with van der Waals surface area (Å²) >= 11 is 1.76. The van der Waals surface area contributed by atoms with Crippen LogP contribution in [0.3, 0.4) is 0 Å². The zero-order valence-electron chi connectivity index (χ0n) is 14.9. The molecule has 5 heteroatoms. The number of hydrogen-bond donors (Lipinski definition) is 1. The third kappa shape index (κ3) is 5.26. The Bertz CT molecular complexity index is 589. The van der Waals surface area contributed by atoms with E-state index in [1.165, 1.54) is 6.42 Å². The average molecular weight is 349 g/mol. The van der Waals surface area contributed by atoms with Gasteiger partial charge in [0.1, 0.15) is 0 Å². The van der Waals surface area contributed by atoms with Gasteiger partial charge >= 0.3 is 0 Å². The highest BCUT2D eigenvalue weighted by Crippen LogP contribution is 2.21. The second-order valence-corrected chi connectivity index (χ2v) is 7.92. The number of aryl methyl sites for hydroxylation is 1. The van der Waals surface area contributed by atoms with Crippen LogP contribution in [0.1, 0.15) is 49.0 Å². The van der Waals surface area contributed by atoms with E-state index in [0.29, 0.717) is 17.9 Å². The lowest BCUT2D eigenvalue weighted by molar-refractivity contribution is -0.115. The van der Waals surface area contributed by atoms with Gasteiger partial charge < -0.3 is 10.2 Å². The predicted octanol–water partition coefficient (Wildman–Crippen LogP) is 3.95. The molecule has 1 aromatic rings. The molecule has 2 amide bonds. The number of hydrogen-bond acceptors (Lipinski definition) is 3. The lowest BCUT2D eigenvalue weighted by atomic mass is 9.99. The summed E-state index contributed by atoms with van der Waals surface area (Å²) in [5.74, 6) is 2.57. The number of anilines is 1. The minimum absolute atomic E-state index is 0.0305. The second-order valence-electron chi connectivity index (χ2n) is 6.52. The summed E-state index contributed by atoms with van der Waals surface area (Å²) in [6.45, 7) is 7.90. The monoisotopic (exact) mass is 348 g/mol. The molecule has 2 rings (SSSR count). The summed E-state index contributed by atoms with van der Waals surface area (Å²) in [4.78, 5) is 26.5. The van der Waals surface area contributed by atoms with Gasteiger partial charge in [-0.2, -0.15) is 11.8 Å². The van der Waals surface area contributed by atoms with E-state index >= 15 is 0 Å². The molecule has 1 aliphatic rings. The molecule has 0 saturated carbocycles. The number of thioether (sulfide) groups is 1. The van der Waals surface area contributed by atoms with Gasteiger partial charge in [-0.1, -0.05) is 13.8 Å². The molecule has 1 fully saturated rings. The molecule has 1 aromatic carbocycles. The molecule has 1 heterocycles. The predicted molar refractivity (Wildman–Crippen MR) is 102 cm³/mol. The zero-order valence-corrected chi connectivity index (χ0v) is 15.7. The van der Waals surface area contributed by atoms with Crippen LogP contribution in [-0.4, -0.2) is 41.3 Å². The Morgan fingerprint density at radius 2 is 2.17 bits per heavy atom. The Morgan fingerprint density at radius 3 is 2.83 bits per heavy atom. The molecule has 1 N–H and O–H groups in total. The largest absolute Gasteiger partial charge is 0.338 e. The number of likely N-dealkylation sites (tertiary alicyclic amines) is 1. The summed E-state index contributed by atoms with van der Waals surface area (Å²) in [6.07, 6.45) is 2.80. The molecular formula is C19H28N2O2S. The van der Waals surface area contributed by atoms with Crippen molar-refractivity contribution in [3.05, 3.63) is 29.3 Å². The fourth-order valence-electron chi connectivity index (χ4n) is 3.02. The zero-order chi connectivity index (χ0) is 17.5. The number of nitrogens with one attached hydrogen (secondary N) is 1. The van der Waals surface area contributed by atoms with Crippen molar-refractivity contribution in [3.63, 3.8) is 0 Å². The molecule has 0 bridgehead atoms. The maximum absolute atomic E-state index is 12.6. The first-order chi connectivity index (χ1) is 11.5. The topological polar surface area (TPSA) is 49.4 Å². The fraction of sp³-hybridized carbons (Fsp3) is 0.579. The van der Waals surface area contributed by atoms with Gasteiger partial charge in [0.05, 0.1) is 0 Å². The third-order valence-electron chi connectivity index (χ3n) is 4.37. The lowest BCUT2D eigenvalue weighted by Crippen LogP contribution is -2.39. The van der Waals surface area contributed by atoms with Gasteiger partial charge in [0.25, 0.3) is 5.91 Å². The van der Waals surface area contributed by atoms with Crippen molar-refractivity contribution in [1.29, 1.82) is 0 Å². The van der Waals surface area contributed by atoms with E-state index in [4.69, 9.17) is 0 Å². The Labute approximate surface area is 149 Å². The second kappa shape index (κ2) is 9.11. The molecular weight excluding hydrogens is 320 g/mol. The number of nitrogens with zero attached hydrogens (tertiary/aromatic N) is 1. The van der Waals surface area contributed by atoms with Crippen molar-refractivity contribution in [2.24, 2.45) is 5.92 Å². The molecule has 1 atom stereocenters. The number of benzene rings is 1. The Balaban J connectivity index is 1.98. The van der Waals surface area contributed by atoms with Crippen LogP contribution in [0.15, 0.2) is 18.2 Å². The molecule has 0 radical (unpaired) electrons. The van der Waals surface area contributed by atoms with Crippen LogP contribution in [0.5, 0.6) is 0 Å². The number of rotatable bonds is 6. The van der Waals surface area contributed by atoms with Gasteiger partial charge in [-0.05, 0) is 55.2 Å². The number of carbonyl (C=O) groups excluding carboxylic acids is 2. The maximum Gasteiger partial charge on any atom is 0.253 e. The third-order valence-corrected chi connectivity index (χ3v) is 5.27. The minimum Gasteiger partial charge on any atom is -0.338 e. The first-order valence-electron chi connectivity index (χ1n) is 8.78. The highest BCUT2D eigenvalue weighted by Gasteiger charge is 2.22. The molecule has 1 saturated heterocycles. The van der Waals surface area contributed by atoms with Gasteiger partial charge in [-0.3, -0.25) is 9.59 Å². The van der Waals surface area contributed by atoms with E-state index in [2.05, 4.69) is 19.2 Å². The van der Waals surface area contributed by atoms with Crippen molar-refractivity contribution in [1.82, 2.24) is 4.90 Å². The molecule has 0 spiro atoms. The van der Waals surface area contributed by atoms with Crippen molar-refractivity contribution in [3.8, 4) is 0 Å². The standard InChI is InChI=1S/C19H28N2O2S/c1-4-24-11-9-18(22)20-17-8-7-16(12-15(17)3)19(23)21-10-5-6-14(2)13-21/h7-8,12,14H,4-6,9-11,13H2,1-3H3,(H,20,22). The van der Waals surface area contributed by atoms with Crippen LogP contribution in [0, 0.1) is 12.8 Å². The minimum atomic E-state index is 0.0305. The highest BCUT2D eigenvalue weighted by molar-refractivity contribution is 7.99. The summed E-state index contributed by atoms with van der Waals surface area (Å²) < 4.78 is 0. The Hall–Kier alpha value is -1.49. The lowest BCUT2D eigenvalue weighted by Gasteiger charge is -2.31. The molecule has 1 unspecified atom stereocenters. The maximum atomic E-state index is 12.6. The summed E-state index contributed by atoms with van der Waals surface area (Å²) in [5.41, 5.74) is 2.44. The van der Waals surface area contributed by atoms with Crippen LogP contribution < -0.4 is 5.32 Å². The molecule has 24 heavy (non-hydrogen) atoms. The van der Waals surface area contributed by atoms with E-state index in [1.54, 1.807) is 11.8 Å². The molecule has 4 nitrogen and oxygen atoms in total. The molecule has 132 valence electrons. The van der Waals surface area contributed by atoms with Crippen LogP contribution in [0.25, 0.3) is 0 Å². The number of piperidine rings is 1. The SMILES string of the molecule is CCSCCC(=O)Nc1ccc(C(=O)N2CCCC(C)C2)cc1C. The molecule has 0 aliphatic carbocycles. The van der Waals surface area contributed by atoms with Crippen LogP contribution in [0.4, 0.5) is 5.69 Å². The summed E-state index contributed by atoms with van der Waals surface area (Å²) in [7, 11) is 0. The average Bonchev–Trinajstić information content (AvgIpc) is 2.56. The van der Waals surface area contributed by atoms with Crippen LogP contribution >= 0.6 is 11.8 Å². The summed E-state index contributed by atoms with van der Waals surface area (Å²) in [5, 5.41) is 2.94. The Morgan fingerprint density at radius 1 is 1.38 bits per heavy atom. The smallest absolute Gasteiger partial charge is 0.253 e.